The first kappa shape index (κ1) is 25.3. The van der Waals surface area contributed by atoms with E-state index in [1.165, 1.54) is 0 Å². The molecule has 0 saturated heterocycles. The van der Waals surface area contributed by atoms with Crippen molar-refractivity contribution in [3.8, 4) is 17.2 Å². The summed E-state index contributed by atoms with van der Waals surface area (Å²) in [5, 5.41) is 19.5. The number of hydrogen-bond donors (Lipinski definition) is 3. The fourth-order valence-corrected chi connectivity index (χ4v) is 3.92. The summed E-state index contributed by atoms with van der Waals surface area (Å²) in [5.41, 5.74) is 4.89. The third-order valence-corrected chi connectivity index (χ3v) is 5.68. The van der Waals surface area contributed by atoms with Gasteiger partial charge in [0.25, 0.3) is 0 Å². The van der Waals surface area contributed by atoms with Crippen LogP contribution in [-0.4, -0.2) is 18.1 Å². The van der Waals surface area contributed by atoms with E-state index in [0.29, 0.717) is 38.5 Å². The number of anilines is 1. The zero-order chi connectivity index (χ0) is 25.5. The Morgan fingerprint density at radius 2 is 1.75 bits per heavy atom. The summed E-state index contributed by atoms with van der Waals surface area (Å²) in [7, 11) is 1.57. The normalized spacial score (nSPS) is 13.2. The smallest absolute Gasteiger partial charge is 0.243 e. The van der Waals surface area contributed by atoms with Gasteiger partial charge in [-0.05, 0) is 59.1 Å². The van der Waals surface area contributed by atoms with Crippen LogP contribution in [0.25, 0.3) is 0 Å². The molecule has 13 heteroatoms. The molecule has 36 heavy (non-hydrogen) atoms. The average Bonchev–Trinajstić information content (AvgIpc) is 3.34. The Hall–Kier alpha value is -3.80. The van der Waals surface area contributed by atoms with E-state index in [4.69, 9.17) is 44.9 Å². The largest absolute Gasteiger partial charge is 0.497 e. The van der Waals surface area contributed by atoms with Crippen LogP contribution < -0.4 is 25.6 Å². The molecule has 10 nitrogen and oxygen atoms in total. The molecule has 3 N–H and O–H groups in total. The highest BCUT2D eigenvalue weighted by Gasteiger charge is 2.41. The average molecular weight is 544 g/mol. The molecule has 0 bridgehead atoms. The molecular weight excluding hydrogens is 525 g/mol. The maximum absolute atomic E-state index is 12.8. The minimum atomic E-state index is -1.44. The van der Waals surface area contributed by atoms with Crippen molar-refractivity contribution in [2.75, 3.05) is 12.4 Å². The number of ether oxygens (including phenoxy) is 2. The van der Waals surface area contributed by atoms with E-state index in [1.54, 1.807) is 73.8 Å². The van der Waals surface area contributed by atoms with Gasteiger partial charge in [0.15, 0.2) is 5.11 Å². The van der Waals surface area contributed by atoms with Crippen molar-refractivity contribution in [2.24, 2.45) is 20.7 Å². The van der Waals surface area contributed by atoms with Gasteiger partial charge in [-0.1, -0.05) is 47.5 Å². The van der Waals surface area contributed by atoms with Crippen molar-refractivity contribution < 1.29 is 14.3 Å². The topological polar surface area (TPSA) is 121 Å². The molecule has 1 amide bonds. The van der Waals surface area contributed by atoms with Crippen LogP contribution in [0, 0.1) is 0 Å². The molecule has 0 aliphatic carbocycles. The molecule has 0 saturated carbocycles. The van der Waals surface area contributed by atoms with Crippen molar-refractivity contribution in [3.63, 3.8) is 0 Å². The van der Waals surface area contributed by atoms with Crippen LogP contribution in [0.5, 0.6) is 17.2 Å². The zero-order valence-electron chi connectivity index (χ0n) is 18.7. The maximum atomic E-state index is 12.8. The van der Waals surface area contributed by atoms with Gasteiger partial charge in [-0.15, -0.1) is 10.2 Å². The molecule has 1 heterocycles. The molecule has 0 aromatic heterocycles. The Labute approximate surface area is 221 Å². The number of thiocarbonyl (C=S) groups is 1. The molecule has 0 unspecified atom stereocenters. The Morgan fingerprint density at radius 3 is 2.50 bits per heavy atom. The van der Waals surface area contributed by atoms with E-state index >= 15 is 0 Å². The van der Waals surface area contributed by atoms with Crippen molar-refractivity contribution in [2.45, 2.75) is 12.1 Å². The Bertz CT molecular complexity index is 1340. The highest BCUT2D eigenvalue weighted by atomic mass is 35.5. The van der Waals surface area contributed by atoms with Gasteiger partial charge >= 0.3 is 0 Å². The lowest BCUT2D eigenvalue weighted by Gasteiger charge is -2.23. The van der Waals surface area contributed by atoms with E-state index in [-0.39, 0.29) is 11.5 Å². The second-order valence-electron chi connectivity index (χ2n) is 7.40. The number of hydrogen-bond acceptors (Lipinski definition) is 8. The summed E-state index contributed by atoms with van der Waals surface area (Å²) >= 11 is 17.5. The standard InChI is InChI=1S/C23H19Cl2N7O3S/c1-34-16-6-4-5-15(12-16)26-22(36)28-27-21(33)13-23(29-31-32-30-23)17-7-2-3-8-19(17)35-20-10-9-14(24)11-18(20)25/h2-12H,13H2,1H3,(H,27,33)(H2,26,28,36). The number of nitrogens with one attached hydrogen (secondary N) is 3. The molecule has 184 valence electrons. The summed E-state index contributed by atoms with van der Waals surface area (Å²) in [6.45, 7) is 0. The van der Waals surface area contributed by atoms with E-state index in [9.17, 15) is 4.79 Å². The molecule has 0 spiro atoms. The maximum Gasteiger partial charge on any atom is 0.243 e. The third kappa shape index (κ3) is 6.06. The van der Waals surface area contributed by atoms with Crippen LogP contribution in [0.3, 0.4) is 0 Å². The minimum absolute atomic E-state index is 0.168. The van der Waals surface area contributed by atoms with E-state index in [0.717, 1.165) is 0 Å². The van der Waals surface area contributed by atoms with E-state index in [2.05, 4.69) is 36.8 Å². The number of carbonyl (C=O) groups excluding carboxylic acids is 1. The predicted molar refractivity (Wildman–Crippen MR) is 139 cm³/mol. The molecule has 4 rings (SSSR count). The lowest BCUT2D eigenvalue weighted by molar-refractivity contribution is -0.122. The van der Waals surface area contributed by atoms with Gasteiger partial charge in [-0.3, -0.25) is 15.6 Å². The number of nitrogens with zero attached hydrogens (tertiary/aromatic N) is 4. The predicted octanol–water partition coefficient (Wildman–Crippen LogP) is 6.19. The zero-order valence-corrected chi connectivity index (χ0v) is 21.1. The summed E-state index contributed by atoms with van der Waals surface area (Å²) in [6.07, 6.45) is -0.233. The monoisotopic (exact) mass is 543 g/mol. The Morgan fingerprint density at radius 1 is 0.972 bits per heavy atom. The van der Waals surface area contributed by atoms with E-state index in [1.807, 2.05) is 0 Å². The molecule has 1 aliphatic rings. The van der Waals surface area contributed by atoms with E-state index < -0.39 is 11.6 Å². The lowest BCUT2D eigenvalue weighted by Crippen LogP contribution is -2.45. The van der Waals surface area contributed by atoms with Gasteiger partial charge in [0.2, 0.25) is 11.6 Å². The Kier molecular flexibility index (Phi) is 7.93. The van der Waals surface area contributed by atoms with Gasteiger partial charge < -0.3 is 14.8 Å². The number of amides is 1. The van der Waals surface area contributed by atoms with Crippen LogP contribution >= 0.6 is 35.4 Å². The first-order valence-electron chi connectivity index (χ1n) is 10.4. The number of rotatable bonds is 7. The molecule has 1 aliphatic heterocycles. The SMILES string of the molecule is COc1cccc(NC(=S)NNC(=O)CC2(c3ccccc3Oc3ccc(Cl)cc3Cl)N=NN=N2)c1. The minimum Gasteiger partial charge on any atom is -0.497 e. The van der Waals surface area contributed by atoms with Crippen LogP contribution in [0.2, 0.25) is 10.0 Å². The van der Waals surface area contributed by atoms with Crippen molar-refractivity contribution in [1.29, 1.82) is 0 Å². The van der Waals surface area contributed by atoms with Crippen LogP contribution in [-0.2, 0) is 10.5 Å². The number of benzene rings is 3. The quantitative estimate of drug-likeness (QED) is 0.241. The summed E-state index contributed by atoms with van der Waals surface area (Å²) in [4.78, 5) is 12.8. The number of methoxy groups -OCH3 is 1. The summed E-state index contributed by atoms with van der Waals surface area (Å²) in [5.74, 6) is 0.934. The van der Waals surface area contributed by atoms with Gasteiger partial charge in [-0.25, -0.2) is 0 Å². The molecule has 3 aromatic rings. The van der Waals surface area contributed by atoms with Crippen molar-refractivity contribution in [3.05, 3.63) is 82.3 Å². The third-order valence-electron chi connectivity index (χ3n) is 4.94. The summed E-state index contributed by atoms with van der Waals surface area (Å²) < 4.78 is 11.2. The molecule has 0 radical (unpaired) electrons. The molecule has 3 aromatic carbocycles. The molecular formula is C23H19Cl2N7O3S. The highest BCUT2D eigenvalue weighted by Crippen LogP contribution is 2.43. The number of halogens is 2. The van der Waals surface area contributed by atoms with Crippen molar-refractivity contribution >= 4 is 52.1 Å². The van der Waals surface area contributed by atoms with Crippen LogP contribution in [0.1, 0.15) is 12.0 Å². The highest BCUT2D eigenvalue weighted by molar-refractivity contribution is 7.80. The van der Waals surface area contributed by atoms with Crippen LogP contribution in [0.15, 0.2) is 87.4 Å². The fourth-order valence-electron chi connectivity index (χ4n) is 3.30. The van der Waals surface area contributed by atoms with Gasteiger partial charge in [0, 0.05) is 22.3 Å². The number of para-hydroxylation sites is 1. The molecule has 0 atom stereocenters. The van der Waals surface area contributed by atoms with Crippen molar-refractivity contribution in [1.82, 2.24) is 10.9 Å². The second kappa shape index (κ2) is 11.3. The van der Waals surface area contributed by atoms with Gasteiger partial charge in [-0.2, -0.15) is 0 Å². The fraction of sp³-hybridized carbons (Fsp3) is 0.130. The lowest BCUT2D eigenvalue weighted by atomic mass is 9.96. The first-order chi connectivity index (χ1) is 17.4. The number of hydrazine groups is 1. The number of carbonyl (C=O) groups is 1. The molecule has 0 fully saturated rings. The second-order valence-corrected chi connectivity index (χ2v) is 8.66. The Balaban J connectivity index is 1.46. The van der Waals surface area contributed by atoms with Crippen LogP contribution in [0.4, 0.5) is 5.69 Å². The first-order valence-corrected chi connectivity index (χ1v) is 11.6. The van der Waals surface area contributed by atoms with Gasteiger partial charge in [0.05, 0.1) is 18.6 Å². The summed E-state index contributed by atoms with van der Waals surface area (Å²) in [6, 6.07) is 19.0. The van der Waals surface area contributed by atoms with Gasteiger partial charge in [0.1, 0.15) is 17.2 Å².